The Morgan fingerprint density at radius 3 is 3.12 bits per heavy atom. The zero-order valence-electron chi connectivity index (χ0n) is 10.1. The van der Waals surface area contributed by atoms with Gasteiger partial charge in [-0.2, -0.15) is 0 Å². The molecule has 1 aromatic heterocycles. The van der Waals surface area contributed by atoms with E-state index in [1.807, 2.05) is 18.7 Å². The van der Waals surface area contributed by atoms with Gasteiger partial charge in [-0.05, 0) is 13.8 Å². The molecule has 6 nitrogen and oxygen atoms in total. The van der Waals surface area contributed by atoms with Gasteiger partial charge in [0.1, 0.15) is 11.0 Å². The predicted molar refractivity (Wildman–Crippen MR) is 67.3 cm³/mol. The molecule has 0 aliphatic carbocycles. The van der Waals surface area contributed by atoms with Crippen LogP contribution in [0.2, 0.25) is 0 Å². The van der Waals surface area contributed by atoms with E-state index >= 15 is 0 Å². The predicted octanol–water partition coefficient (Wildman–Crippen LogP) is -0.239. The lowest BCUT2D eigenvalue weighted by Gasteiger charge is -2.34. The van der Waals surface area contributed by atoms with E-state index in [2.05, 4.69) is 20.8 Å². The van der Waals surface area contributed by atoms with Crippen LogP contribution in [-0.4, -0.2) is 48.3 Å². The summed E-state index contributed by atoms with van der Waals surface area (Å²) in [4.78, 5) is 14.0. The number of piperazine rings is 1. The summed E-state index contributed by atoms with van der Waals surface area (Å²) in [5.74, 6) is 0.0487. The van der Waals surface area contributed by atoms with Gasteiger partial charge in [-0.1, -0.05) is 11.3 Å². The molecule has 1 aromatic rings. The van der Waals surface area contributed by atoms with E-state index in [-0.39, 0.29) is 11.9 Å². The molecule has 1 unspecified atom stereocenters. The maximum absolute atomic E-state index is 12.0. The Morgan fingerprint density at radius 2 is 2.47 bits per heavy atom. The van der Waals surface area contributed by atoms with Crippen LogP contribution < -0.4 is 15.5 Å². The summed E-state index contributed by atoms with van der Waals surface area (Å²) >= 11 is 1.53. The van der Waals surface area contributed by atoms with Gasteiger partial charge in [-0.3, -0.25) is 4.79 Å². The summed E-state index contributed by atoms with van der Waals surface area (Å²) in [6.07, 6.45) is 0. The Hall–Kier alpha value is -1.21. The van der Waals surface area contributed by atoms with Crippen molar-refractivity contribution in [3.63, 3.8) is 0 Å². The fraction of sp³-hybridized carbons (Fsp3) is 0.700. The lowest BCUT2D eigenvalue weighted by molar-refractivity contribution is -0.122. The first kappa shape index (κ1) is 12.3. The van der Waals surface area contributed by atoms with E-state index in [0.29, 0.717) is 13.1 Å². The van der Waals surface area contributed by atoms with E-state index in [1.54, 1.807) is 0 Å². The van der Waals surface area contributed by atoms with Gasteiger partial charge in [0.2, 0.25) is 11.0 Å². The fourth-order valence-electron chi connectivity index (χ4n) is 1.86. The summed E-state index contributed by atoms with van der Waals surface area (Å²) in [6, 6.07) is -0.184. The number of hydrogen-bond donors (Lipinski definition) is 2. The third kappa shape index (κ3) is 2.73. The standard InChI is InChI=1S/C10H17N5OS/c1-3-12-9(16)8-6-11-4-5-15(8)10-14-13-7(2)17-10/h8,11H,3-6H2,1-2H3,(H,12,16). The molecule has 1 atom stereocenters. The van der Waals surface area contributed by atoms with Crippen molar-refractivity contribution >= 4 is 22.4 Å². The number of likely N-dealkylation sites (N-methyl/N-ethyl adjacent to an activating group) is 1. The van der Waals surface area contributed by atoms with Crippen LogP contribution in [0, 0.1) is 6.92 Å². The summed E-state index contributed by atoms with van der Waals surface area (Å²) in [5.41, 5.74) is 0. The fourth-order valence-corrected chi connectivity index (χ4v) is 2.63. The van der Waals surface area contributed by atoms with Crippen molar-refractivity contribution in [1.82, 2.24) is 20.8 Å². The number of hydrogen-bond acceptors (Lipinski definition) is 6. The van der Waals surface area contributed by atoms with Gasteiger partial charge in [-0.15, -0.1) is 10.2 Å². The Morgan fingerprint density at radius 1 is 1.65 bits per heavy atom. The largest absolute Gasteiger partial charge is 0.355 e. The molecule has 94 valence electrons. The number of rotatable bonds is 3. The first-order chi connectivity index (χ1) is 8.22. The van der Waals surface area contributed by atoms with E-state index in [0.717, 1.165) is 23.2 Å². The number of carbonyl (C=O) groups is 1. The minimum absolute atomic E-state index is 0.0487. The van der Waals surface area contributed by atoms with E-state index in [1.165, 1.54) is 11.3 Å². The molecule has 2 N–H and O–H groups in total. The van der Waals surface area contributed by atoms with Crippen LogP contribution in [0.4, 0.5) is 5.13 Å². The number of aromatic nitrogens is 2. The monoisotopic (exact) mass is 255 g/mol. The van der Waals surface area contributed by atoms with Crippen LogP contribution in [0.1, 0.15) is 11.9 Å². The second kappa shape index (κ2) is 5.42. The third-order valence-electron chi connectivity index (χ3n) is 2.66. The van der Waals surface area contributed by atoms with Crippen LogP contribution in [0.3, 0.4) is 0 Å². The summed E-state index contributed by atoms with van der Waals surface area (Å²) in [5, 5.41) is 16.0. The summed E-state index contributed by atoms with van der Waals surface area (Å²) < 4.78 is 0. The molecule has 17 heavy (non-hydrogen) atoms. The molecule has 2 rings (SSSR count). The van der Waals surface area contributed by atoms with Crippen molar-refractivity contribution in [3.8, 4) is 0 Å². The number of aryl methyl sites for hydroxylation is 1. The highest BCUT2D eigenvalue weighted by Gasteiger charge is 2.30. The topological polar surface area (TPSA) is 70.2 Å². The van der Waals surface area contributed by atoms with Crippen molar-refractivity contribution in [1.29, 1.82) is 0 Å². The van der Waals surface area contributed by atoms with Crippen molar-refractivity contribution in [2.24, 2.45) is 0 Å². The Balaban J connectivity index is 2.14. The van der Waals surface area contributed by atoms with Gasteiger partial charge in [0.05, 0.1) is 0 Å². The molecular formula is C10H17N5OS. The van der Waals surface area contributed by atoms with Gasteiger partial charge in [0, 0.05) is 26.2 Å². The van der Waals surface area contributed by atoms with Gasteiger partial charge in [-0.25, -0.2) is 0 Å². The van der Waals surface area contributed by atoms with Crippen molar-refractivity contribution < 1.29 is 4.79 Å². The van der Waals surface area contributed by atoms with Crippen LogP contribution >= 0.6 is 11.3 Å². The molecule has 0 spiro atoms. The molecule has 1 aliphatic heterocycles. The van der Waals surface area contributed by atoms with E-state index in [9.17, 15) is 4.79 Å². The second-order valence-electron chi connectivity index (χ2n) is 3.91. The average molecular weight is 255 g/mol. The van der Waals surface area contributed by atoms with Crippen LogP contribution in [0.15, 0.2) is 0 Å². The zero-order valence-corrected chi connectivity index (χ0v) is 10.9. The third-order valence-corrected chi connectivity index (χ3v) is 3.53. The van der Waals surface area contributed by atoms with E-state index in [4.69, 9.17) is 0 Å². The van der Waals surface area contributed by atoms with Gasteiger partial charge < -0.3 is 15.5 Å². The highest BCUT2D eigenvalue weighted by atomic mass is 32.1. The molecule has 1 aliphatic rings. The lowest BCUT2D eigenvalue weighted by atomic mass is 10.2. The molecule has 2 heterocycles. The number of nitrogens with zero attached hydrogens (tertiary/aromatic N) is 3. The lowest BCUT2D eigenvalue weighted by Crippen LogP contribution is -2.58. The van der Waals surface area contributed by atoms with Crippen LogP contribution in [0.25, 0.3) is 0 Å². The molecule has 0 radical (unpaired) electrons. The minimum atomic E-state index is -0.184. The highest BCUT2D eigenvalue weighted by molar-refractivity contribution is 7.15. The minimum Gasteiger partial charge on any atom is -0.355 e. The molecular weight excluding hydrogens is 238 g/mol. The van der Waals surface area contributed by atoms with Crippen LogP contribution in [0.5, 0.6) is 0 Å². The molecule has 1 amide bonds. The number of amides is 1. The molecule has 0 saturated carbocycles. The van der Waals surface area contributed by atoms with Crippen LogP contribution in [-0.2, 0) is 4.79 Å². The Bertz CT molecular complexity index is 394. The normalized spacial score (nSPS) is 20.4. The number of nitrogens with one attached hydrogen (secondary N) is 2. The first-order valence-electron chi connectivity index (χ1n) is 5.77. The van der Waals surface area contributed by atoms with Crippen molar-refractivity contribution in [3.05, 3.63) is 5.01 Å². The van der Waals surface area contributed by atoms with Crippen molar-refractivity contribution in [2.45, 2.75) is 19.9 Å². The zero-order chi connectivity index (χ0) is 12.3. The smallest absolute Gasteiger partial charge is 0.244 e. The van der Waals surface area contributed by atoms with Gasteiger partial charge in [0.15, 0.2) is 0 Å². The average Bonchev–Trinajstić information content (AvgIpc) is 2.76. The quantitative estimate of drug-likeness (QED) is 0.780. The number of anilines is 1. The van der Waals surface area contributed by atoms with Gasteiger partial charge >= 0.3 is 0 Å². The second-order valence-corrected chi connectivity index (χ2v) is 5.07. The number of carbonyl (C=O) groups excluding carboxylic acids is 1. The summed E-state index contributed by atoms with van der Waals surface area (Å²) in [7, 11) is 0. The maximum atomic E-state index is 12.0. The molecule has 1 saturated heterocycles. The van der Waals surface area contributed by atoms with Gasteiger partial charge in [0.25, 0.3) is 0 Å². The highest BCUT2D eigenvalue weighted by Crippen LogP contribution is 2.22. The maximum Gasteiger partial charge on any atom is 0.244 e. The SMILES string of the molecule is CCNC(=O)C1CNCCN1c1nnc(C)s1. The molecule has 7 heteroatoms. The van der Waals surface area contributed by atoms with E-state index < -0.39 is 0 Å². The molecule has 1 fully saturated rings. The first-order valence-corrected chi connectivity index (χ1v) is 6.59. The summed E-state index contributed by atoms with van der Waals surface area (Å²) in [6.45, 7) is 6.81. The van der Waals surface area contributed by atoms with Crippen molar-refractivity contribution in [2.75, 3.05) is 31.1 Å². The molecule has 0 bridgehead atoms. The Kier molecular flexibility index (Phi) is 3.90. The molecule has 0 aromatic carbocycles. The Labute approximate surface area is 104 Å².